The number of hydrogen-bond acceptors (Lipinski definition) is 3. The van der Waals surface area contributed by atoms with Crippen molar-refractivity contribution in [2.24, 2.45) is 0 Å². The van der Waals surface area contributed by atoms with Crippen LogP contribution in [0.15, 0.2) is 87.8 Å². The van der Waals surface area contributed by atoms with Gasteiger partial charge >= 0.3 is 0 Å². The average molecular weight is 432 g/mol. The molecule has 6 aromatic rings. The number of furan rings is 2. The smallest absolute Gasteiger partial charge is 0.161 e. The van der Waals surface area contributed by atoms with Crippen molar-refractivity contribution in [3.8, 4) is 22.6 Å². The molecule has 33 heavy (non-hydrogen) atoms. The van der Waals surface area contributed by atoms with Gasteiger partial charge in [0.1, 0.15) is 22.8 Å². The van der Waals surface area contributed by atoms with Gasteiger partial charge in [-0.1, -0.05) is 45.0 Å². The second-order valence-corrected chi connectivity index (χ2v) is 9.79. The molecule has 0 radical (unpaired) electrons. The summed E-state index contributed by atoms with van der Waals surface area (Å²) in [6.07, 6.45) is 1.87. The zero-order chi connectivity index (χ0) is 22.7. The Balaban J connectivity index is 1.55. The monoisotopic (exact) mass is 431 g/mol. The van der Waals surface area contributed by atoms with E-state index < -0.39 is 0 Å². The Kier molecular flexibility index (Phi) is 4.25. The molecule has 3 aromatic carbocycles. The fourth-order valence-corrected chi connectivity index (χ4v) is 4.71. The lowest BCUT2D eigenvalue weighted by Crippen LogP contribution is -2.12. The third-order valence-corrected chi connectivity index (χ3v) is 6.30. The van der Waals surface area contributed by atoms with Crippen LogP contribution in [0.2, 0.25) is 0 Å². The van der Waals surface area contributed by atoms with E-state index in [9.17, 15) is 0 Å². The Morgan fingerprint density at radius 2 is 1.55 bits per heavy atom. The van der Waals surface area contributed by atoms with Gasteiger partial charge in [0, 0.05) is 28.1 Å². The first-order chi connectivity index (χ1) is 15.9. The minimum absolute atomic E-state index is 0.00989. The third kappa shape index (κ3) is 3.32. The molecular weight excluding hydrogens is 406 g/mol. The molecule has 3 heteroatoms. The average Bonchev–Trinajstić information content (AvgIpc) is 3.39. The van der Waals surface area contributed by atoms with E-state index in [1.54, 1.807) is 0 Å². The molecule has 0 aliphatic rings. The maximum atomic E-state index is 6.44. The van der Waals surface area contributed by atoms with Crippen molar-refractivity contribution in [2.75, 3.05) is 0 Å². The van der Waals surface area contributed by atoms with Gasteiger partial charge in [0.25, 0.3) is 0 Å². The summed E-state index contributed by atoms with van der Waals surface area (Å²) in [6.45, 7) is 8.73. The highest BCUT2D eigenvalue weighted by Gasteiger charge is 2.20. The van der Waals surface area contributed by atoms with Crippen molar-refractivity contribution >= 4 is 32.7 Å². The van der Waals surface area contributed by atoms with Crippen LogP contribution < -0.4 is 0 Å². The first-order valence-corrected chi connectivity index (χ1v) is 11.3. The summed E-state index contributed by atoms with van der Waals surface area (Å²) in [5.74, 6) is 1.74. The van der Waals surface area contributed by atoms with Crippen LogP contribution in [0.5, 0.6) is 0 Å². The molecule has 3 nitrogen and oxygen atoms in total. The number of aromatic nitrogens is 1. The van der Waals surface area contributed by atoms with E-state index in [2.05, 4.69) is 75.4 Å². The molecule has 0 saturated carbocycles. The molecule has 0 atom stereocenters. The fourth-order valence-electron chi connectivity index (χ4n) is 4.71. The minimum Gasteiger partial charge on any atom is -0.461 e. The van der Waals surface area contributed by atoms with E-state index >= 15 is 0 Å². The van der Waals surface area contributed by atoms with Crippen LogP contribution in [0, 0.1) is 6.92 Å². The van der Waals surface area contributed by atoms with Gasteiger partial charge in [-0.3, -0.25) is 4.98 Å². The van der Waals surface area contributed by atoms with Crippen molar-refractivity contribution in [1.29, 1.82) is 0 Å². The lowest BCUT2D eigenvalue weighted by Gasteiger charge is -2.22. The number of nitrogens with zero attached hydrogens (tertiary/aromatic N) is 1. The summed E-state index contributed by atoms with van der Waals surface area (Å²) in [6, 6.07) is 25.4. The van der Waals surface area contributed by atoms with E-state index in [0.29, 0.717) is 0 Å². The lowest BCUT2D eigenvalue weighted by atomic mass is 9.82. The van der Waals surface area contributed by atoms with Crippen LogP contribution in [-0.4, -0.2) is 4.98 Å². The summed E-state index contributed by atoms with van der Waals surface area (Å²) in [5, 5.41) is 4.62. The molecule has 0 spiro atoms. The molecule has 0 saturated heterocycles. The molecule has 3 aromatic heterocycles. The number of fused-ring (bicyclic) bond motifs is 3. The van der Waals surface area contributed by atoms with Crippen LogP contribution in [0.1, 0.15) is 32.1 Å². The van der Waals surface area contributed by atoms with Crippen LogP contribution >= 0.6 is 0 Å². The van der Waals surface area contributed by atoms with Crippen molar-refractivity contribution in [3.63, 3.8) is 0 Å². The first-order valence-electron chi connectivity index (χ1n) is 11.3. The highest BCUT2D eigenvalue weighted by Crippen LogP contribution is 2.38. The normalized spacial score (nSPS) is 12.2. The van der Waals surface area contributed by atoms with E-state index in [0.717, 1.165) is 50.3 Å². The maximum Gasteiger partial charge on any atom is 0.161 e. The SMILES string of the molecule is Cc1cc2cc(-c3cc4ccnc(-c5cc(C(C)(C)C)c6ccccc6c5)c4o3)ccc2o1. The van der Waals surface area contributed by atoms with Crippen LogP contribution in [0.3, 0.4) is 0 Å². The van der Waals surface area contributed by atoms with Crippen molar-refractivity contribution < 1.29 is 8.83 Å². The Morgan fingerprint density at radius 1 is 0.727 bits per heavy atom. The number of rotatable bonds is 2. The minimum atomic E-state index is 0.00989. The summed E-state index contributed by atoms with van der Waals surface area (Å²) in [4.78, 5) is 4.76. The summed E-state index contributed by atoms with van der Waals surface area (Å²) < 4.78 is 12.2. The quantitative estimate of drug-likeness (QED) is 0.275. The molecule has 3 heterocycles. The molecule has 0 amide bonds. The highest BCUT2D eigenvalue weighted by molar-refractivity contribution is 5.97. The second kappa shape index (κ2) is 7.08. The predicted octanol–water partition coefficient (Wildman–Crippen LogP) is 8.67. The van der Waals surface area contributed by atoms with Crippen LogP contribution in [0.4, 0.5) is 0 Å². The van der Waals surface area contributed by atoms with E-state index in [1.807, 2.05) is 31.3 Å². The molecule has 0 unspecified atom stereocenters. The van der Waals surface area contributed by atoms with Gasteiger partial charge in [-0.2, -0.15) is 0 Å². The number of pyridine rings is 1. The number of aryl methyl sites for hydroxylation is 1. The molecule has 0 aliphatic carbocycles. The van der Waals surface area contributed by atoms with Gasteiger partial charge in [-0.05, 0) is 77.2 Å². The van der Waals surface area contributed by atoms with E-state index in [4.69, 9.17) is 13.8 Å². The summed E-state index contributed by atoms with van der Waals surface area (Å²) >= 11 is 0. The van der Waals surface area contributed by atoms with Crippen LogP contribution in [-0.2, 0) is 5.41 Å². The third-order valence-electron chi connectivity index (χ3n) is 6.30. The summed E-state index contributed by atoms with van der Waals surface area (Å²) in [5.41, 5.74) is 5.99. The standard InChI is InChI=1S/C30H25NO2/c1-18-13-22-15-20(9-10-26(22)32-18)27-17-21-11-12-31-28(29(21)33-27)23-14-19-7-5-6-8-24(19)25(16-23)30(2,3)4/h5-17H,1-4H3. The predicted molar refractivity (Wildman–Crippen MR) is 136 cm³/mol. The Morgan fingerprint density at radius 3 is 2.39 bits per heavy atom. The molecule has 6 rings (SSSR count). The second-order valence-electron chi connectivity index (χ2n) is 9.79. The van der Waals surface area contributed by atoms with E-state index in [-0.39, 0.29) is 5.41 Å². The van der Waals surface area contributed by atoms with Crippen molar-refractivity contribution in [3.05, 3.63) is 90.3 Å². The maximum absolute atomic E-state index is 6.44. The first kappa shape index (κ1) is 19.8. The molecule has 162 valence electrons. The van der Waals surface area contributed by atoms with Gasteiger partial charge in [0.05, 0.1) is 0 Å². The van der Waals surface area contributed by atoms with Crippen LogP contribution in [0.25, 0.3) is 55.3 Å². The van der Waals surface area contributed by atoms with Crippen molar-refractivity contribution in [1.82, 2.24) is 4.98 Å². The molecular formula is C30H25NO2. The zero-order valence-electron chi connectivity index (χ0n) is 19.3. The molecule has 0 fully saturated rings. The number of benzene rings is 3. The Bertz CT molecular complexity index is 1660. The van der Waals surface area contributed by atoms with Gasteiger partial charge in [0.15, 0.2) is 5.58 Å². The Labute approximate surface area is 192 Å². The molecule has 0 N–H and O–H groups in total. The van der Waals surface area contributed by atoms with Gasteiger partial charge in [-0.15, -0.1) is 0 Å². The largest absolute Gasteiger partial charge is 0.461 e. The Hall–Kier alpha value is -3.85. The lowest BCUT2D eigenvalue weighted by molar-refractivity contribution is 0.578. The van der Waals surface area contributed by atoms with Crippen molar-refractivity contribution in [2.45, 2.75) is 33.1 Å². The number of hydrogen-bond donors (Lipinski definition) is 0. The topological polar surface area (TPSA) is 39.2 Å². The molecule has 0 aliphatic heterocycles. The fraction of sp³-hybridized carbons (Fsp3) is 0.167. The van der Waals surface area contributed by atoms with Gasteiger partial charge in [0.2, 0.25) is 0 Å². The summed E-state index contributed by atoms with van der Waals surface area (Å²) in [7, 11) is 0. The van der Waals surface area contributed by atoms with Gasteiger partial charge in [-0.25, -0.2) is 0 Å². The zero-order valence-corrected chi connectivity index (χ0v) is 19.3. The highest BCUT2D eigenvalue weighted by atomic mass is 16.3. The molecule has 0 bridgehead atoms. The van der Waals surface area contributed by atoms with Gasteiger partial charge < -0.3 is 8.83 Å². The van der Waals surface area contributed by atoms with E-state index in [1.165, 1.54) is 16.3 Å².